The predicted octanol–water partition coefficient (Wildman–Crippen LogP) is 4.43. The summed E-state index contributed by atoms with van der Waals surface area (Å²) in [7, 11) is 2.77. The van der Waals surface area contributed by atoms with Crippen molar-refractivity contribution in [2.75, 3.05) is 19.5 Å². The normalized spacial score (nSPS) is 10.3. The quantitative estimate of drug-likeness (QED) is 0.319. The van der Waals surface area contributed by atoms with Gasteiger partial charge in [0.1, 0.15) is 11.3 Å². The first-order valence-corrected chi connectivity index (χ1v) is 9.81. The van der Waals surface area contributed by atoms with Gasteiger partial charge in [-0.05, 0) is 60.4 Å². The fraction of sp³-hybridized carbons (Fsp3) is 0.167. The Kier molecular flexibility index (Phi) is 7.17. The van der Waals surface area contributed by atoms with Gasteiger partial charge < -0.3 is 14.8 Å². The van der Waals surface area contributed by atoms with E-state index in [-0.39, 0.29) is 17.2 Å². The highest BCUT2D eigenvalue weighted by Gasteiger charge is 2.21. The van der Waals surface area contributed by atoms with Crippen LogP contribution in [-0.2, 0) is 17.6 Å². The van der Waals surface area contributed by atoms with Crippen LogP contribution >= 0.6 is 0 Å². The number of ether oxygens (including phenoxy) is 2. The minimum absolute atomic E-state index is 0.0752. The number of amides is 1. The Balaban J connectivity index is 1.63. The molecule has 3 aromatic carbocycles. The molecule has 3 rings (SSSR count). The van der Waals surface area contributed by atoms with Crippen LogP contribution in [0.3, 0.4) is 0 Å². The van der Waals surface area contributed by atoms with Crippen LogP contribution in [0.2, 0.25) is 0 Å². The van der Waals surface area contributed by atoms with Gasteiger partial charge in [0.15, 0.2) is 0 Å². The fourth-order valence-corrected chi connectivity index (χ4v) is 3.15. The third kappa shape index (κ3) is 5.48. The van der Waals surface area contributed by atoms with Crippen LogP contribution in [0.5, 0.6) is 5.75 Å². The van der Waals surface area contributed by atoms with Gasteiger partial charge in [-0.1, -0.05) is 24.3 Å². The van der Waals surface area contributed by atoms with E-state index in [0.29, 0.717) is 17.0 Å². The van der Waals surface area contributed by atoms with E-state index in [1.807, 2.05) is 24.3 Å². The minimum atomic E-state index is -0.602. The molecule has 0 fully saturated rings. The highest BCUT2D eigenvalue weighted by Crippen LogP contribution is 2.25. The summed E-state index contributed by atoms with van der Waals surface area (Å²) in [6.45, 7) is 0. The monoisotopic (exact) mass is 434 g/mol. The van der Waals surface area contributed by atoms with E-state index in [1.54, 1.807) is 24.3 Å². The zero-order valence-corrected chi connectivity index (χ0v) is 17.7. The number of nitro groups is 1. The molecule has 0 saturated heterocycles. The molecule has 0 aliphatic rings. The molecule has 0 radical (unpaired) electrons. The lowest BCUT2D eigenvalue weighted by molar-refractivity contribution is -0.385. The number of esters is 1. The molecule has 164 valence electrons. The average Bonchev–Trinajstić information content (AvgIpc) is 2.82. The Labute approximate surface area is 184 Å². The lowest BCUT2D eigenvalue weighted by Crippen LogP contribution is -2.14. The summed E-state index contributed by atoms with van der Waals surface area (Å²) in [5.41, 5.74) is 2.81. The van der Waals surface area contributed by atoms with Crippen LogP contribution in [0.4, 0.5) is 11.4 Å². The van der Waals surface area contributed by atoms with Crippen molar-refractivity contribution in [1.82, 2.24) is 0 Å². The molecule has 0 saturated carbocycles. The highest BCUT2D eigenvalue weighted by atomic mass is 16.6. The number of aryl methyl sites for hydroxylation is 2. The molecule has 0 aliphatic heterocycles. The molecule has 0 spiro atoms. The summed E-state index contributed by atoms with van der Waals surface area (Å²) in [6, 6.07) is 18.5. The number of carbonyl (C=O) groups excluding carboxylic acids is 2. The molecule has 1 N–H and O–H groups in total. The number of rotatable bonds is 8. The SMILES string of the molecule is COC(=O)c1ccc(CCc2ccc(NC(=O)c3cc(OC)ccc3[N+](=O)[O-])cc2)cc1. The van der Waals surface area contributed by atoms with Crippen molar-refractivity contribution in [3.63, 3.8) is 0 Å². The Morgan fingerprint density at radius 2 is 1.50 bits per heavy atom. The summed E-state index contributed by atoms with van der Waals surface area (Å²) in [5, 5.41) is 13.9. The number of benzene rings is 3. The van der Waals surface area contributed by atoms with Gasteiger partial charge in [0.2, 0.25) is 0 Å². The van der Waals surface area contributed by atoms with E-state index in [4.69, 9.17) is 9.47 Å². The number of methoxy groups -OCH3 is 2. The minimum Gasteiger partial charge on any atom is -0.497 e. The third-order valence-electron chi connectivity index (χ3n) is 4.93. The molecule has 0 aromatic heterocycles. The third-order valence-corrected chi connectivity index (χ3v) is 4.93. The maximum absolute atomic E-state index is 12.6. The zero-order chi connectivity index (χ0) is 23.1. The second-order valence-electron chi connectivity index (χ2n) is 6.98. The molecule has 0 bridgehead atoms. The molecular weight excluding hydrogens is 412 g/mol. The molecule has 0 aliphatic carbocycles. The van der Waals surface area contributed by atoms with Gasteiger partial charge in [-0.3, -0.25) is 14.9 Å². The van der Waals surface area contributed by atoms with Crippen LogP contribution in [-0.4, -0.2) is 31.0 Å². The zero-order valence-electron chi connectivity index (χ0n) is 17.7. The van der Waals surface area contributed by atoms with Crippen molar-refractivity contribution >= 4 is 23.3 Å². The molecule has 8 nitrogen and oxygen atoms in total. The number of anilines is 1. The fourth-order valence-electron chi connectivity index (χ4n) is 3.15. The first kappa shape index (κ1) is 22.5. The molecular formula is C24H22N2O6. The maximum atomic E-state index is 12.6. The van der Waals surface area contributed by atoms with E-state index < -0.39 is 10.8 Å². The van der Waals surface area contributed by atoms with Crippen molar-refractivity contribution < 1.29 is 24.0 Å². The smallest absolute Gasteiger partial charge is 0.337 e. The predicted molar refractivity (Wildman–Crippen MR) is 119 cm³/mol. The largest absolute Gasteiger partial charge is 0.497 e. The van der Waals surface area contributed by atoms with Gasteiger partial charge in [-0.25, -0.2) is 4.79 Å². The van der Waals surface area contributed by atoms with E-state index in [2.05, 4.69) is 5.32 Å². The van der Waals surface area contributed by atoms with Crippen molar-refractivity contribution in [3.05, 3.63) is 99.1 Å². The van der Waals surface area contributed by atoms with E-state index in [1.165, 1.54) is 32.4 Å². The highest BCUT2D eigenvalue weighted by molar-refractivity contribution is 6.07. The van der Waals surface area contributed by atoms with Crippen molar-refractivity contribution in [2.24, 2.45) is 0 Å². The van der Waals surface area contributed by atoms with Crippen LogP contribution in [0.1, 0.15) is 31.8 Å². The topological polar surface area (TPSA) is 108 Å². The van der Waals surface area contributed by atoms with Gasteiger partial charge in [0.05, 0.1) is 24.7 Å². The van der Waals surface area contributed by atoms with E-state index in [9.17, 15) is 19.7 Å². The Morgan fingerprint density at radius 1 is 0.906 bits per heavy atom. The number of nitrogens with zero attached hydrogens (tertiary/aromatic N) is 1. The van der Waals surface area contributed by atoms with Gasteiger partial charge in [0.25, 0.3) is 11.6 Å². The molecule has 3 aromatic rings. The molecule has 0 heterocycles. The number of hydrogen-bond acceptors (Lipinski definition) is 6. The first-order chi connectivity index (χ1) is 15.4. The van der Waals surface area contributed by atoms with Gasteiger partial charge in [-0.2, -0.15) is 0 Å². The van der Waals surface area contributed by atoms with E-state index in [0.717, 1.165) is 24.0 Å². The Morgan fingerprint density at radius 3 is 2.03 bits per heavy atom. The lowest BCUT2D eigenvalue weighted by atomic mass is 10.0. The van der Waals surface area contributed by atoms with Crippen LogP contribution in [0.25, 0.3) is 0 Å². The summed E-state index contributed by atoms with van der Waals surface area (Å²) in [4.78, 5) is 34.7. The van der Waals surface area contributed by atoms with E-state index >= 15 is 0 Å². The van der Waals surface area contributed by atoms with Crippen LogP contribution in [0.15, 0.2) is 66.7 Å². The maximum Gasteiger partial charge on any atom is 0.337 e. The van der Waals surface area contributed by atoms with Gasteiger partial charge >= 0.3 is 5.97 Å². The van der Waals surface area contributed by atoms with Crippen molar-refractivity contribution in [1.29, 1.82) is 0 Å². The molecule has 0 atom stereocenters. The molecule has 0 unspecified atom stereocenters. The standard InChI is InChI=1S/C24H22N2O6/c1-31-20-13-14-22(26(29)30)21(15-20)23(27)25-19-11-7-17(8-12-19)4-3-16-5-9-18(10-6-16)24(28)32-2/h5-15H,3-4H2,1-2H3,(H,25,27). The Bertz CT molecular complexity index is 1120. The number of nitro benzene ring substituents is 1. The molecule has 1 amide bonds. The summed E-state index contributed by atoms with van der Waals surface area (Å²) in [5.74, 6) is -0.599. The Hall–Kier alpha value is -4.20. The summed E-state index contributed by atoms with van der Waals surface area (Å²) in [6.07, 6.45) is 1.55. The van der Waals surface area contributed by atoms with Crippen LogP contribution in [0, 0.1) is 10.1 Å². The molecule has 8 heteroatoms. The summed E-state index contributed by atoms with van der Waals surface area (Å²) < 4.78 is 9.76. The second-order valence-corrected chi connectivity index (χ2v) is 6.98. The van der Waals surface area contributed by atoms with Crippen molar-refractivity contribution in [3.8, 4) is 5.75 Å². The first-order valence-electron chi connectivity index (χ1n) is 9.81. The van der Waals surface area contributed by atoms with Crippen LogP contribution < -0.4 is 10.1 Å². The van der Waals surface area contributed by atoms with Gasteiger partial charge in [0, 0.05) is 11.8 Å². The average molecular weight is 434 g/mol. The second kappa shape index (κ2) is 10.2. The van der Waals surface area contributed by atoms with Gasteiger partial charge in [-0.15, -0.1) is 0 Å². The number of hydrogen-bond donors (Lipinski definition) is 1. The molecule has 32 heavy (non-hydrogen) atoms. The summed E-state index contributed by atoms with van der Waals surface area (Å²) >= 11 is 0. The number of carbonyl (C=O) groups is 2. The lowest BCUT2D eigenvalue weighted by Gasteiger charge is -2.09. The number of nitrogens with one attached hydrogen (secondary N) is 1. The van der Waals surface area contributed by atoms with Crippen molar-refractivity contribution in [2.45, 2.75) is 12.8 Å².